The van der Waals surface area contributed by atoms with Crippen molar-refractivity contribution < 1.29 is 19.1 Å². The Morgan fingerprint density at radius 2 is 1.93 bits per heavy atom. The van der Waals surface area contributed by atoms with Gasteiger partial charge in [-0.05, 0) is 37.0 Å². The van der Waals surface area contributed by atoms with Gasteiger partial charge in [0.05, 0.1) is 19.6 Å². The molecule has 0 bridgehead atoms. The molecule has 8 heteroatoms. The predicted molar refractivity (Wildman–Crippen MR) is 114 cm³/mol. The first-order valence-corrected chi connectivity index (χ1v) is 10.6. The second kappa shape index (κ2) is 10.3. The molecule has 1 aromatic heterocycles. The molecule has 1 N–H and O–H groups in total. The van der Waals surface area contributed by atoms with Crippen LogP contribution < -0.4 is 19.7 Å². The molecular formula is C21H27N3O4S. The van der Waals surface area contributed by atoms with E-state index in [-0.39, 0.29) is 24.9 Å². The van der Waals surface area contributed by atoms with Crippen LogP contribution >= 0.6 is 11.3 Å². The number of carbonyl (C=O) groups is 2. The van der Waals surface area contributed by atoms with Crippen molar-refractivity contribution in [1.29, 1.82) is 0 Å². The van der Waals surface area contributed by atoms with Crippen molar-refractivity contribution in [1.82, 2.24) is 10.2 Å². The summed E-state index contributed by atoms with van der Waals surface area (Å²) in [5.74, 6) is 1.17. The molecule has 2 amide bonds. The van der Waals surface area contributed by atoms with Gasteiger partial charge in [0.25, 0.3) is 0 Å². The molecule has 0 saturated carbocycles. The highest BCUT2D eigenvalue weighted by Crippen LogP contribution is 2.34. The van der Waals surface area contributed by atoms with Gasteiger partial charge in [0, 0.05) is 23.2 Å². The number of anilines is 1. The van der Waals surface area contributed by atoms with E-state index in [1.54, 1.807) is 28.2 Å². The molecule has 0 saturated heterocycles. The molecular weight excluding hydrogens is 390 g/mol. The number of ether oxygens (including phenoxy) is 2. The summed E-state index contributed by atoms with van der Waals surface area (Å²) in [5.41, 5.74) is 0.747. The van der Waals surface area contributed by atoms with E-state index in [0.29, 0.717) is 37.8 Å². The summed E-state index contributed by atoms with van der Waals surface area (Å²) in [5, 5.41) is 4.83. The molecule has 7 nitrogen and oxygen atoms in total. The Morgan fingerprint density at radius 3 is 2.66 bits per heavy atom. The van der Waals surface area contributed by atoms with Gasteiger partial charge in [0.2, 0.25) is 11.8 Å². The smallest absolute Gasteiger partial charge is 0.241 e. The van der Waals surface area contributed by atoms with Crippen LogP contribution in [0.5, 0.6) is 11.5 Å². The molecule has 3 rings (SSSR count). The topological polar surface area (TPSA) is 71.1 Å². The van der Waals surface area contributed by atoms with E-state index in [1.807, 2.05) is 42.6 Å². The number of nitrogens with one attached hydrogen (secondary N) is 1. The van der Waals surface area contributed by atoms with Crippen LogP contribution in [0.1, 0.15) is 18.2 Å². The van der Waals surface area contributed by atoms with Crippen molar-refractivity contribution in [3.8, 4) is 11.5 Å². The number of fused-ring (bicyclic) bond motifs is 1. The lowest BCUT2D eigenvalue weighted by atomic mass is 10.2. The number of hydrogen-bond donors (Lipinski definition) is 1. The number of hydrogen-bond acceptors (Lipinski definition) is 6. The Morgan fingerprint density at radius 1 is 1.14 bits per heavy atom. The quantitative estimate of drug-likeness (QED) is 0.679. The molecule has 1 aliphatic rings. The molecule has 0 spiro atoms. The highest BCUT2D eigenvalue weighted by molar-refractivity contribution is 7.09. The van der Waals surface area contributed by atoms with Crippen LogP contribution in [0.3, 0.4) is 0 Å². The van der Waals surface area contributed by atoms with Crippen LogP contribution in [0.2, 0.25) is 0 Å². The summed E-state index contributed by atoms with van der Waals surface area (Å²) >= 11 is 1.60. The first-order chi connectivity index (χ1) is 14.1. The Labute approximate surface area is 175 Å². The fraction of sp³-hybridized carbons (Fsp3) is 0.429. The van der Waals surface area contributed by atoms with E-state index in [4.69, 9.17) is 9.47 Å². The van der Waals surface area contributed by atoms with Crippen molar-refractivity contribution in [3.63, 3.8) is 0 Å². The molecule has 156 valence electrons. The maximum absolute atomic E-state index is 13.1. The van der Waals surface area contributed by atoms with Gasteiger partial charge in [-0.1, -0.05) is 13.0 Å². The number of carbonyl (C=O) groups excluding carboxylic acids is 2. The average Bonchev–Trinajstić information content (AvgIpc) is 3.23. The van der Waals surface area contributed by atoms with Crippen molar-refractivity contribution in [2.75, 3.05) is 44.8 Å². The Bertz CT molecular complexity index is 825. The van der Waals surface area contributed by atoms with E-state index in [9.17, 15) is 9.59 Å². The fourth-order valence-electron chi connectivity index (χ4n) is 3.02. The molecule has 1 aliphatic heterocycles. The summed E-state index contributed by atoms with van der Waals surface area (Å²) in [4.78, 5) is 29.6. The number of likely N-dealkylation sites (N-methyl/N-ethyl adjacent to an activating group) is 1. The summed E-state index contributed by atoms with van der Waals surface area (Å²) in [6, 6.07) is 9.52. The van der Waals surface area contributed by atoms with Crippen molar-refractivity contribution in [2.45, 2.75) is 19.9 Å². The van der Waals surface area contributed by atoms with Crippen LogP contribution in [0.4, 0.5) is 5.69 Å². The Balaban J connectivity index is 1.73. The zero-order valence-corrected chi connectivity index (χ0v) is 17.7. The normalized spacial score (nSPS) is 12.7. The van der Waals surface area contributed by atoms with Gasteiger partial charge in [-0.15, -0.1) is 11.3 Å². The van der Waals surface area contributed by atoms with Crippen LogP contribution in [-0.2, 0) is 16.1 Å². The van der Waals surface area contributed by atoms with Crippen LogP contribution in [0.15, 0.2) is 35.7 Å². The van der Waals surface area contributed by atoms with E-state index >= 15 is 0 Å². The third-order valence-corrected chi connectivity index (χ3v) is 5.28. The van der Waals surface area contributed by atoms with E-state index in [2.05, 4.69) is 5.32 Å². The second-order valence-corrected chi connectivity index (χ2v) is 7.94. The minimum Gasteiger partial charge on any atom is -0.486 e. The number of nitrogens with zero attached hydrogens (tertiary/aromatic N) is 2. The highest BCUT2D eigenvalue weighted by atomic mass is 32.1. The summed E-state index contributed by atoms with van der Waals surface area (Å²) in [7, 11) is 1.77. The zero-order valence-electron chi connectivity index (χ0n) is 16.8. The third-order valence-electron chi connectivity index (χ3n) is 4.42. The molecule has 0 atom stereocenters. The largest absolute Gasteiger partial charge is 0.486 e. The predicted octanol–water partition coefficient (Wildman–Crippen LogP) is 2.51. The van der Waals surface area contributed by atoms with Gasteiger partial charge < -0.3 is 19.7 Å². The lowest BCUT2D eigenvalue weighted by Gasteiger charge is -2.27. The van der Waals surface area contributed by atoms with Crippen LogP contribution in [-0.4, -0.2) is 56.6 Å². The first kappa shape index (κ1) is 21.1. The van der Waals surface area contributed by atoms with E-state index < -0.39 is 0 Å². The fourth-order valence-corrected chi connectivity index (χ4v) is 3.71. The van der Waals surface area contributed by atoms with Crippen molar-refractivity contribution in [2.24, 2.45) is 0 Å². The maximum atomic E-state index is 13.1. The highest BCUT2D eigenvalue weighted by Gasteiger charge is 2.22. The van der Waals surface area contributed by atoms with Gasteiger partial charge in [-0.25, -0.2) is 0 Å². The Hall–Kier alpha value is -2.58. The minimum atomic E-state index is -0.0825. The van der Waals surface area contributed by atoms with Gasteiger partial charge >= 0.3 is 0 Å². The van der Waals surface area contributed by atoms with E-state index in [1.165, 1.54) is 0 Å². The summed E-state index contributed by atoms with van der Waals surface area (Å²) < 4.78 is 11.3. The molecule has 0 fully saturated rings. The van der Waals surface area contributed by atoms with Gasteiger partial charge in [0.15, 0.2) is 11.5 Å². The SMILES string of the molecule is CCCNC(=O)CN(C)CC(=O)N(Cc1cccs1)c1ccc2c(c1)OCCO2. The van der Waals surface area contributed by atoms with Gasteiger partial charge in [0.1, 0.15) is 13.2 Å². The standard InChI is InChI=1S/C21H27N3O4S/c1-3-8-22-20(25)14-23(2)15-21(26)24(13-17-5-4-11-29-17)16-6-7-18-19(12-16)28-10-9-27-18/h4-7,11-12H,3,8-10,13-15H2,1-2H3,(H,22,25). The minimum absolute atomic E-state index is 0.0775. The lowest BCUT2D eigenvalue weighted by molar-refractivity contribution is -0.123. The van der Waals surface area contributed by atoms with E-state index in [0.717, 1.165) is 17.0 Å². The molecule has 2 heterocycles. The monoisotopic (exact) mass is 417 g/mol. The van der Waals surface area contributed by atoms with Gasteiger partial charge in [-0.2, -0.15) is 0 Å². The molecule has 0 aliphatic carbocycles. The van der Waals surface area contributed by atoms with Crippen molar-refractivity contribution in [3.05, 3.63) is 40.6 Å². The lowest BCUT2D eigenvalue weighted by Crippen LogP contribution is -2.42. The third kappa shape index (κ3) is 5.95. The number of thiophene rings is 1. The van der Waals surface area contributed by atoms with Crippen LogP contribution in [0, 0.1) is 0 Å². The molecule has 29 heavy (non-hydrogen) atoms. The number of rotatable bonds is 9. The molecule has 0 radical (unpaired) electrons. The maximum Gasteiger partial charge on any atom is 0.241 e. The zero-order chi connectivity index (χ0) is 20.6. The van der Waals surface area contributed by atoms with Gasteiger partial charge in [-0.3, -0.25) is 14.5 Å². The van der Waals surface area contributed by atoms with Crippen molar-refractivity contribution >= 4 is 28.8 Å². The molecule has 1 aromatic carbocycles. The molecule has 2 aromatic rings. The number of benzene rings is 1. The Kier molecular flexibility index (Phi) is 7.48. The number of amides is 2. The second-order valence-electron chi connectivity index (χ2n) is 6.91. The summed E-state index contributed by atoms with van der Waals surface area (Å²) in [6.45, 7) is 4.44. The average molecular weight is 418 g/mol. The first-order valence-electron chi connectivity index (χ1n) is 9.74. The molecule has 0 unspecified atom stereocenters. The van der Waals surface area contributed by atoms with Crippen LogP contribution in [0.25, 0.3) is 0 Å². The summed E-state index contributed by atoms with van der Waals surface area (Å²) in [6.07, 6.45) is 0.882.